The van der Waals surface area contributed by atoms with Gasteiger partial charge >= 0.3 is 6.01 Å². The minimum Gasteiger partial charge on any atom is -0.406 e. The molecule has 1 N–H and O–H groups in total. The number of alkyl halides is 1. The van der Waals surface area contributed by atoms with Gasteiger partial charge in [0.15, 0.2) is 5.76 Å². The quantitative estimate of drug-likeness (QED) is 0.807. The molecule has 1 unspecified atom stereocenters. The summed E-state index contributed by atoms with van der Waals surface area (Å²) in [5, 5.41) is 13.7. The second kappa shape index (κ2) is 4.31. The molecule has 0 aliphatic carbocycles. The molecule has 0 bridgehead atoms. The van der Waals surface area contributed by atoms with Crippen molar-refractivity contribution in [2.45, 2.75) is 18.8 Å². The van der Waals surface area contributed by atoms with Crippen molar-refractivity contribution in [1.29, 1.82) is 0 Å². The average molecular weight is 229 g/mol. The lowest BCUT2D eigenvalue weighted by Crippen LogP contribution is -1.97. The number of hydrogen-bond donors (Lipinski definition) is 1. The van der Waals surface area contributed by atoms with Crippen LogP contribution >= 0.6 is 11.6 Å². The fourth-order valence-electron chi connectivity index (χ4n) is 0.963. The zero-order chi connectivity index (χ0) is 10.7. The van der Waals surface area contributed by atoms with E-state index >= 15 is 0 Å². The molecule has 2 aromatic heterocycles. The summed E-state index contributed by atoms with van der Waals surface area (Å²) in [5.74, 6) is 1.07. The van der Waals surface area contributed by atoms with Crippen LogP contribution in [-0.4, -0.2) is 15.4 Å². The Bertz CT molecular complexity index is 412. The van der Waals surface area contributed by atoms with Crippen LogP contribution in [0.3, 0.4) is 0 Å². The first kappa shape index (κ1) is 9.97. The smallest absolute Gasteiger partial charge is 0.315 e. The van der Waals surface area contributed by atoms with Gasteiger partial charge < -0.3 is 14.3 Å². The second-order valence-electron chi connectivity index (χ2n) is 2.89. The number of hydrogen-bond acceptors (Lipinski definition) is 6. The van der Waals surface area contributed by atoms with Crippen molar-refractivity contribution in [3.63, 3.8) is 0 Å². The molecule has 0 spiro atoms. The fourth-order valence-corrected chi connectivity index (χ4v) is 1.05. The molecule has 2 aromatic rings. The summed E-state index contributed by atoms with van der Waals surface area (Å²) in [6.45, 7) is 2.20. The number of halogens is 1. The van der Waals surface area contributed by atoms with Crippen molar-refractivity contribution in [3.05, 3.63) is 23.9 Å². The highest BCUT2D eigenvalue weighted by Gasteiger charge is 2.10. The zero-order valence-electron chi connectivity index (χ0n) is 7.98. The van der Waals surface area contributed by atoms with Crippen LogP contribution in [0.15, 0.2) is 21.2 Å². The van der Waals surface area contributed by atoms with E-state index in [2.05, 4.69) is 20.7 Å². The van der Waals surface area contributed by atoms with E-state index in [4.69, 9.17) is 20.5 Å². The van der Waals surface area contributed by atoms with Gasteiger partial charge in [0.2, 0.25) is 5.89 Å². The molecule has 1 atom stereocenters. The monoisotopic (exact) mass is 228 g/mol. The molecule has 0 saturated heterocycles. The summed E-state index contributed by atoms with van der Waals surface area (Å²) < 4.78 is 10.1. The average Bonchev–Trinajstić information content (AvgIpc) is 2.86. The lowest BCUT2D eigenvalue weighted by atomic mass is 10.5. The van der Waals surface area contributed by atoms with E-state index in [1.807, 2.05) is 0 Å². The van der Waals surface area contributed by atoms with Gasteiger partial charge in [-0.15, -0.1) is 16.7 Å². The first-order valence-electron chi connectivity index (χ1n) is 4.36. The Morgan fingerprint density at radius 1 is 1.53 bits per heavy atom. The molecule has 0 radical (unpaired) electrons. The summed E-state index contributed by atoms with van der Waals surface area (Å²) in [4.78, 5) is 0. The summed E-state index contributed by atoms with van der Waals surface area (Å²) in [6.07, 6.45) is 1.57. The molecule has 7 heteroatoms. The third-order valence-corrected chi connectivity index (χ3v) is 1.87. The van der Waals surface area contributed by atoms with Crippen molar-refractivity contribution in [3.8, 4) is 0 Å². The molecule has 6 nitrogen and oxygen atoms in total. The SMILES string of the molecule is CC(Cl)c1nnc(NCc2ccno2)o1. The molecule has 2 heterocycles. The van der Waals surface area contributed by atoms with Gasteiger partial charge in [-0.2, -0.15) is 0 Å². The van der Waals surface area contributed by atoms with E-state index in [0.29, 0.717) is 24.2 Å². The van der Waals surface area contributed by atoms with E-state index < -0.39 is 0 Å². The van der Waals surface area contributed by atoms with Gasteiger partial charge in [0.1, 0.15) is 5.38 Å². The largest absolute Gasteiger partial charge is 0.406 e. The third kappa shape index (κ3) is 2.47. The second-order valence-corrected chi connectivity index (χ2v) is 3.55. The molecule has 2 rings (SSSR count). The van der Waals surface area contributed by atoms with Crippen LogP contribution in [0.2, 0.25) is 0 Å². The van der Waals surface area contributed by atoms with Gasteiger partial charge in [0, 0.05) is 6.07 Å². The number of nitrogens with one attached hydrogen (secondary N) is 1. The summed E-state index contributed by atoms with van der Waals surface area (Å²) in [6, 6.07) is 2.06. The van der Waals surface area contributed by atoms with Gasteiger partial charge in [0.05, 0.1) is 12.7 Å². The third-order valence-electron chi connectivity index (χ3n) is 1.69. The van der Waals surface area contributed by atoms with E-state index in [9.17, 15) is 0 Å². The van der Waals surface area contributed by atoms with Crippen molar-refractivity contribution >= 4 is 17.6 Å². The summed E-state index contributed by atoms with van der Waals surface area (Å²) >= 11 is 5.76. The van der Waals surface area contributed by atoms with Gasteiger partial charge in [-0.25, -0.2) is 0 Å². The van der Waals surface area contributed by atoms with Crippen molar-refractivity contribution in [1.82, 2.24) is 15.4 Å². The lowest BCUT2D eigenvalue weighted by Gasteiger charge is -1.96. The first-order valence-corrected chi connectivity index (χ1v) is 4.80. The zero-order valence-corrected chi connectivity index (χ0v) is 8.73. The van der Waals surface area contributed by atoms with Crippen molar-refractivity contribution in [2.24, 2.45) is 0 Å². The van der Waals surface area contributed by atoms with Crippen molar-refractivity contribution < 1.29 is 8.94 Å². The van der Waals surface area contributed by atoms with Crippen LogP contribution in [0.1, 0.15) is 24.0 Å². The molecule has 0 aliphatic heterocycles. The molecule has 0 aromatic carbocycles. The Hall–Kier alpha value is -1.56. The topological polar surface area (TPSA) is 77.0 Å². The molecule has 0 fully saturated rings. The van der Waals surface area contributed by atoms with Crippen LogP contribution in [0.25, 0.3) is 0 Å². The maximum atomic E-state index is 5.76. The minimum atomic E-state index is -0.293. The highest BCUT2D eigenvalue weighted by molar-refractivity contribution is 6.20. The number of aromatic nitrogens is 3. The van der Waals surface area contributed by atoms with Gasteiger partial charge in [-0.3, -0.25) is 0 Å². The van der Waals surface area contributed by atoms with Crippen LogP contribution < -0.4 is 5.32 Å². The predicted octanol–water partition coefficient (Wildman–Crippen LogP) is 1.97. The normalized spacial score (nSPS) is 12.7. The molecular formula is C8H9ClN4O2. The van der Waals surface area contributed by atoms with Gasteiger partial charge in [-0.05, 0) is 6.92 Å². The van der Waals surface area contributed by atoms with E-state index in [-0.39, 0.29) is 5.38 Å². The molecular weight excluding hydrogens is 220 g/mol. The van der Waals surface area contributed by atoms with Gasteiger partial charge in [0.25, 0.3) is 0 Å². The van der Waals surface area contributed by atoms with Crippen LogP contribution in [0.5, 0.6) is 0 Å². The maximum Gasteiger partial charge on any atom is 0.315 e. The molecule has 0 amide bonds. The summed E-state index contributed by atoms with van der Waals surface area (Å²) in [5.41, 5.74) is 0. The number of anilines is 1. The highest BCUT2D eigenvalue weighted by atomic mass is 35.5. The Morgan fingerprint density at radius 2 is 2.40 bits per heavy atom. The number of nitrogens with zero attached hydrogens (tertiary/aromatic N) is 3. The predicted molar refractivity (Wildman–Crippen MR) is 52.4 cm³/mol. The Labute approximate surface area is 90.6 Å². The maximum absolute atomic E-state index is 5.76. The van der Waals surface area contributed by atoms with E-state index in [1.165, 1.54) is 0 Å². The first-order chi connectivity index (χ1) is 7.25. The molecule has 0 aliphatic rings. The fraction of sp³-hybridized carbons (Fsp3) is 0.375. The van der Waals surface area contributed by atoms with Crippen LogP contribution in [0, 0.1) is 0 Å². The summed E-state index contributed by atoms with van der Waals surface area (Å²) in [7, 11) is 0. The standard InChI is InChI=1S/C8H9ClN4O2/c1-5(9)7-12-13-8(14-7)10-4-6-2-3-11-15-6/h2-3,5H,4H2,1H3,(H,10,13). The minimum absolute atomic E-state index is 0.293. The molecule has 0 saturated carbocycles. The Morgan fingerprint density at radius 3 is 3.00 bits per heavy atom. The highest BCUT2D eigenvalue weighted by Crippen LogP contribution is 2.19. The van der Waals surface area contributed by atoms with Gasteiger partial charge in [-0.1, -0.05) is 10.3 Å². The lowest BCUT2D eigenvalue weighted by molar-refractivity contribution is 0.386. The van der Waals surface area contributed by atoms with Crippen molar-refractivity contribution in [2.75, 3.05) is 5.32 Å². The van der Waals surface area contributed by atoms with E-state index in [0.717, 1.165) is 0 Å². The number of rotatable bonds is 4. The van der Waals surface area contributed by atoms with Crippen LogP contribution in [0.4, 0.5) is 6.01 Å². The van der Waals surface area contributed by atoms with Crippen LogP contribution in [-0.2, 0) is 6.54 Å². The molecule has 80 valence electrons. The van der Waals surface area contributed by atoms with E-state index in [1.54, 1.807) is 19.2 Å². The molecule has 15 heavy (non-hydrogen) atoms. The Kier molecular flexibility index (Phi) is 2.86. The Balaban J connectivity index is 1.94.